The van der Waals surface area contributed by atoms with Crippen LogP contribution in [-0.2, 0) is 0 Å². The van der Waals surface area contributed by atoms with Gasteiger partial charge in [0.05, 0.1) is 6.10 Å². The van der Waals surface area contributed by atoms with Gasteiger partial charge >= 0.3 is 6.03 Å². The van der Waals surface area contributed by atoms with Crippen molar-refractivity contribution in [3.05, 3.63) is 30.1 Å². The summed E-state index contributed by atoms with van der Waals surface area (Å²) in [5, 5.41) is 12.5. The van der Waals surface area contributed by atoms with Crippen molar-refractivity contribution in [1.29, 1.82) is 0 Å². The molecule has 0 aliphatic carbocycles. The quantitative estimate of drug-likeness (QED) is 0.879. The summed E-state index contributed by atoms with van der Waals surface area (Å²) >= 11 is 0. The summed E-state index contributed by atoms with van der Waals surface area (Å²) in [5.74, 6) is -0.343. The van der Waals surface area contributed by atoms with Gasteiger partial charge < -0.3 is 20.2 Å². The molecule has 1 aromatic carbocycles. The molecule has 1 saturated heterocycles. The summed E-state index contributed by atoms with van der Waals surface area (Å²) in [4.78, 5) is 15.8. The van der Waals surface area contributed by atoms with Crippen LogP contribution in [0.15, 0.2) is 24.3 Å². The summed E-state index contributed by atoms with van der Waals surface area (Å²) in [6.45, 7) is 1.03. The topological polar surface area (TPSA) is 55.8 Å². The number of rotatable bonds is 3. The summed E-state index contributed by atoms with van der Waals surface area (Å²) in [6, 6.07) is 5.35. The number of β-amino-alcohol motifs (C(OH)–C–C–N with tert-alkyl or cyclic N) is 1. The van der Waals surface area contributed by atoms with Gasteiger partial charge in [-0.1, -0.05) is 0 Å². The third-order valence-corrected chi connectivity index (χ3v) is 3.32. The highest BCUT2D eigenvalue weighted by molar-refractivity contribution is 5.89. The fourth-order valence-electron chi connectivity index (χ4n) is 2.46. The zero-order valence-electron chi connectivity index (χ0n) is 11.7. The van der Waals surface area contributed by atoms with Crippen molar-refractivity contribution in [3.8, 4) is 0 Å². The van der Waals surface area contributed by atoms with Crippen LogP contribution in [0.1, 0.15) is 6.42 Å². The van der Waals surface area contributed by atoms with Gasteiger partial charge in [-0.15, -0.1) is 0 Å². The molecule has 0 bridgehead atoms. The number of nitrogens with one attached hydrogen (secondary N) is 1. The highest BCUT2D eigenvalue weighted by Gasteiger charge is 2.34. The largest absolute Gasteiger partial charge is 0.391 e. The fraction of sp³-hybridized carbons (Fsp3) is 0.500. The van der Waals surface area contributed by atoms with Crippen LogP contribution in [0.5, 0.6) is 0 Å². The predicted octanol–water partition coefficient (Wildman–Crippen LogP) is 1.35. The van der Waals surface area contributed by atoms with E-state index in [1.165, 1.54) is 24.3 Å². The predicted molar refractivity (Wildman–Crippen MR) is 75.1 cm³/mol. The number of benzene rings is 1. The molecule has 2 rings (SSSR count). The van der Waals surface area contributed by atoms with E-state index in [9.17, 15) is 14.3 Å². The first-order chi connectivity index (χ1) is 9.45. The molecular weight excluding hydrogens is 261 g/mol. The average Bonchev–Trinajstić information content (AvgIpc) is 2.72. The molecule has 2 unspecified atom stereocenters. The van der Waals surface area contributed by atoms with Crippen molar-refractivity contribution < 1.29 is 14.3 Å². The summed E-state index contributed by atoms with van der Waals surface area (Å²) in [5.41, 5.74) is 0.543. The number of likely N-dealkylation sites (N-methyl/N-ethyl adjacent to an activating group) is 1. The number of likely N-dealkylation sites (tertiary alicyclic amines) is 1. The maximum Gasteiger partial charge on any atom is 0.322 e. The molecule has 2 atom stereocenters. The second-order valence-electron chi connectivity index (χ2n) is 5.39. The summed E-state index contributed by atoms with van der Waals surface area (Å²) in [7, 11) is 3.86. The molecule has 1 aliphatic rings. The Morgan fingerprint density at radius 1 is 1.45 bits per heavy atom. The Morgan fingerprint density at radius 2 is 2.10 bits per heavy atom. The van der Waals surface area contributed by atoms with Crippen LogP contribution in [0, 0.1) is 5.82 Å². The van der Waals surface area contributed by atoms with Gasteiger partial charge in [-0.3, -0.25) is 0 Å². The molecular formula is C14H20FN3O2. The lowest BCUT2D eigenvalue weighted by Gasteiger charge is -2.26. The van der Waals surface area contributed by atoms with Crippen LogP contribution < -0.4 is 5.32 Å². The smallest absolute Gasteiger partial charge is 0.322 e. The molecule has 0 spiro atoms. The van der Waals surface area contributed by atoms with Crippen molar-refractivity contribution in [1.82, 2.24) is 9.80 Å². The molecule has 2 N–H and O–H groups in total. The minimum Gasteiger partial charge on any atom is -0.391 e. The zero-order valence-corrected chi connectivity index (χ0v) is 11.7. The number of aliphatic hydroxyl groups is 1. The standard InChI is InChI=1S/C14H20FN3O2/c1-17(2)8-12-7-13(19)9-18(12)14(20)16-11-5-3-10(15)4-6-11/h3-6,12-13,19H,7-9H2,1-2H3,(H,16,20). The van der Waals surface area contributed by atoms with E-state index in [4.69, 9.17) is 0 Å². The molecule has 0 radical (unpaired) electrons. The highest BCUT2D eigenvalue weighted by atomic mass is 19.1. The Bertz CT molecular complexity index is 464. The maximum absolute atomic E-state index is 12.8. The summed E-state index contributed by atoms with van der Waals surface area (Å²) < 4.78 is 12.8. The lowest BCUT2D eigenvalue weighted by Crippen LogP contribution is -2.43. The first-order valence-corrected chi connectivity index (χ1v) is 6.61. The van der Waals surface area contributed by atoms with E-state index >= 15 is 0 Å². The van der Waals surface area contributed by atoms with Crippen LogP contribution in [-0.4, -0.2) is 60.3 Å². The maximum atomic E-state index is 12.8. The van der Waals surface area contributed by atoms with Gasteiger partial charge in [0.15, 0.2) is 0 Å². The van der Waals surface area contributed by atoms with E-state index < -0.39 is 6.10 Å². The first-order valence-electron chi connectivity index (χ1n) is 6.61. The molecule has 110 valence electrons. The SMILES string of the molecule is CN(C)CC1CC(O)CN1C(=O)Nc1ccc(F)cc1. The van der Waals surface area contributed by atoms with Gasteiger partial charge in [0, 0.05) is 24.8 Å². The summed E-state index contributed by atoms with van der Waals surface area (Å²) in [6.07, 6.45) is 0.0913. The lowest BCUT2D eigenvalue weighted by atomic mass is 10.2. The van der Waals surface area contributed by atoms with E-state index in [2.05, 4.69) is 5.32 Å². The number of urea groups is 1. The normalized spacial score (nSPS) is 22.4. The fourth-order valence-corrected chi connectivity index (χ4v) is 2.46. The Morgan fingerprint density at radius 3 is 2.70 bits per heavy atom. The van der Waals surface area contributed by atoms with E-state index in [0.29, 0.717) is 25.2 Å². The second kappa shape index (κ2) is 6.19. The van der Waals surface area contributed by atoms with Crippen LogP contribution in [0.4, 0.5) is 14.9 Å². The zero-order chi connectivity index (χ0) is 14.7. The van der Waals surface area contributed by atoms with Crippen molar-refractivity contribution in [3.63, 3.8) is 0 Å². The minimum atomic E-state index is -0.487. The molecule has 5 nitrogen and oxygen atoms in total. The Hall–Kier alpha value is -1.66. The van der Waals surface area contributed by atoms with Crippen molar-refractivity contribution in [2.75, 3.05) is 32.5 Å². The monoisotopic (exact) mass is 281 g/mol. The number of halogens is 1. The van der Waals surface area contributed by atoms with E-state index in [0.717, 1.165) is 0 Å². The highest BCUT2D eigenvalue weighted by Crippen LogP contribution is 2.20. The van der Waals surface area contributed by atoms with Crippen molar-refractivity contribution >= 4 is 11.7 Å². The number of hydrogen-bond donors (Lipinski definition) is 2. The molecule has 1 aromatic rings. The van der Waals surface area contributed by atoms with Gasteiger partial charge in [-0.2, -0.15) is 0 Å². The number of carbonyl (C=O) groups excluding carboxylic acids is 1. The Kier molecular flexibility index (Phi) is 4.57. The minimum absolute atomic E-state index is 0.0135. The molecule has 2 amide bonds. The number of carbonyl (C=O) groups is 1. The molecule has 1 aliphatic heterocycles. The van der Waals surface area contributed by atoms with E-state index in [-0.39, 0.29) is 17.9 Å². The van der Waals surface area contributed by atoms with Gasteiger partial charge in [0.2, 0.25) is 0 Å². The van der Waals surface area contributed by atoms with Gasteiger partial charge in [-0.25, -0.2) is 9.18 Å². The molecule has 1 heterocycles. The third kappa shape index (κ3) is 3.68. The molecule has 0 saturated carbocycles. The molecule has 20 heavy (non-hydrogen) atoms. The number of hydrogen-bond acceptors (Lipinski definition) is 3. The average molecular weight is 281 g/mol. The Labute approximate surface area is 118 Å². The third-order valence-electron chi connectivity index (χ3n) is 3.32. The molecule has 1 fully saturated rings. The van der Waals surface area contributed by atoms with Gasteiger partial charge in [0.1, 0.15) is 5.82 Å². The van der Waals surface area contributed by atoms with E-state index in [1.807, 2.05) is 19.0 Å². The lowest BCUT2D eigenvalue weighted by molar-refractivity contribution is 0.174. The first kappa shape index (κ1) is 14.7. The van der Waals surface area contributed by atoms with Crippen LogP contribution in [0.3, 0.4) is 0 Å². The van der Waals surface area contributed by atoms with Crippen LogP contribution >= 0.6 is 0 Å². The van der Waals surface area contributed by atoms with E-state index in [1.54, 1.807) is 4.90 Å². The van der Waals surface area contributed by atoms with Gasteiger partial charge in [0.25, 0.3) is 0 Å². The van der Waals surface area contributed by atoms with Crippen LogP contribution in [0.2, 0.25) is 0 Å². The number of amides is 2. The van der Waals surface area contributed by atoms with Crippen molar-refractivity contribution in [2.45, 2.75) is 18.6 Å². The molecule has 6 heteroatoms. The molecule has 0 aromatic heterocycles. The van der Waals surface area contributed by atoms with Crippen molar-refractivity contribution in [2.24, 2.45) is 0 Å². The van der Waals surface area contributed by atoms with Crippen LogP contribution in [0.25, 0.3) is 0 Å². The number of anilines is 1. The Balaban J connectivity index is 2.01. The number of aliphatic hydroxyl groups excluding tert-OH is 1. The second-order valence-corrected chi connectivity index (χ2v) is 5.39. The van der Waals surface area contributed by atoms with Gasteiger partial charge in [-0.05, 0) is 44.8 Å². The number of nitrogens with zero attached hydrogens (tertiary/aromatic N) is 2.